The Bertz CT molecular complexity index is 642. The Morgan fingerprint density at radius 3 is 2.96 bits per heavy atom. The average Bonchev–Trinajstić information content (AvgIpc) is 3.04. The highest BCUT2D eigenvalue weighted by atomic mass is 32.2. The van der Waals surface area contributed by atoms with Gasteiger partial charge in [0.05, 0.1) is 18.3 Å². The summed E-state index contributed by atoms with van der Waals surface area (Å²) in [5, 5.41) is 0. The number of hydrogen-bond acceptors (Lipinski definition) is 6. The Balaban J connectivity index is 1.46. The van der Waals surface area contributed by atoms with Crippen LogP contribution in [0, 0.1) is 0 Å². The zero-order valence-electron chi connectivity index (χ0n) is 13.3. The summed E-state index contributed by atoms with van der Waals surface area (Å²) in [6.07, 6.45) is 3.32. The summed E-state index contributed by atoms with van der Waals surface area (Å²) < 4.78 is 14.6. The summed E-state index contributed by atoms with van der Waals surface area (Å²) in [5.74, 6) is 2.66. The van der Waals surface area contributed by atoms with Gasteiger partial charge in [0.1, 0.15) is 5.69 Å². The molecule has 122 valence electrons. The van der Waals surface area contributed by atoms with Crippen LogP contribution in [-0.4, -0.2) is 46.1 Å². The van der Waals surface area contributed by atoms with Gasteiger partial charge in [-0.3, -0.25) is 0 Å². The monoisotopic (exact) mass is 347 g/mol. The van der Waals surface area contributed by atoms with Crippen LogP contribution in [0.1, 0.15) is 17.7 Å². The Hall–Kier alpha value is -1.37. The minimum atomic E-state index is 0.666. The molecule has 4 nitrogen and oxygen atoms in total. The van der Waals surface area contributed by atoms with E-state index in [2.05, 4.69) is 51.0 Å². The van der Waals surface area contributed by atoms with Crippen LogP contribution in [0.5, 0.6) is 5.88 Å². The van der Waals surface area contributed by atoms with Crippen LogP contribution in [0.3, 0.4) is 0 Å². The second-order valence-corrected chi connectivity index (χ2v) is 7.19. The van der Waals surface area contributed by atoms with Gasteiger partial charge in [-0.05, 0) is 24.6 Å². The van der Waals surface area contributed by atoms with E-state index in [4.69, 9.17) is 4.74 Å². The van der Waals surface area contributed by atoms with Gasteiger partial charge < -0.3 is 9.64 Å². The summed E-state index contributed by atoms with van der Waals surface area (Å²) in [4.78, 5) is 2.30. The summed E-state index contributed by atoms with van der Waals surface area (Å²) >= 11 is 3.11. The first-order valence-electron chi connectivity index (χ1n) is 7.78. The topological polar surface area (TPSA) is 38.2 Å². The predicted molar refractivity (Wildman–Crippen MR) is 98.1 cm³/mol. The van der Waals surface area contributed by atoms with Crippen LogP contribution in [-0.2, 0) is 5.75 Å². The zero-order valence-corrected chi connectivity index (χ0v) is 14.9. The standard InChI is InChI=1S/C17H21N3OS2/c1-20-9-5-8-15(12-20)16-17(19-23-18-16)21-10-11-22-13-14-6-3-2-4-7-14/h2-4,6-8H,5,9-13H2,1H3. The number of ether oxygens (including phenoxy) is 1. The minimum absolute atomic E-state index is 0.666. The van der Waals surface area contributed by atoms with Crippen LogP contribution in [0.25, 0.3) is 5.57 Å². The van der Waals surface area contributed by atoms with Gasteiger partial charge in [0, 0.05) is 24.6 Å². The van der Waals surface area contributed by atoms with E-state index in [-0.39, 0.29) is 0 Å². The molecule has 0 spiro atoms. The van der Waals surface area contributed by atoms with Crippen LogP contribution >= 0.6 is 23.5 Å². The minimum Gasteiger partial charge on any atom is -0.475 e. The molecule has 23 heavy (non-hydrogen) atoms. The molecule has 0 bridgehead atoms. The Morgan fingerprint density at radius 2 is 2.13 bits per heavy atom. The van der Waals surface area contributed by atoms with Crippen molar-refractivity contribution in [3.63, 3.8) is 0 Å². The second-order valence-electron chi connectivity index (χ2n) is 5.56. The SMILES string of the molecule is CN1CCC=C(c2nsnc2OCCSCc2ccccc2)C1. The van der Waals surface area contributed by atoms with E-state index in [1.165, 1.54) is 22.9 Å². The van der Waals surface area contributed by atoms with Gasteiger partial charge in [-0.2, -0.15) is 16.1 Å². The van der Waals surface area contributed by atoms with Crippen LogP contribution in [0.15, 0.2) is 36.4 Å². The van der Waals surface area contributed by atoms with E-state index in [9.17, 15) is 0 Å². The van der Waals surface area contributed by atoms with Gasteiger partial charge in [-0.1, -0.05) is 36.4 Å². The molecule has 0 N–H and O–H groups in total. The third-order valence-corrected chi connectivity index (χ3v) is 5.19. The fourth-order valence-electron chi connectivity index (χ4n) is 2.50. The molecule has 1 aromatic heterocycles. The van der Waals surface area contributed by atoms with Gasteiger partial charge in [-0.25, -0.2) is 0 Å². The fourth-order valence-corrected chi connectivity index (χ4v) is 3.80. The third kappa shape index (κ3) is 4.80. The molecule has 0 saturated heterocycles. The molecule has 2 aromatic rings. The molecule has 0 unspecified atom stereocenters. The van der Waals surface area contributed by atoms with E-state index >= 15 is 0 Å². The van der Waals surface area contributed by atoms with Crippen molar-refractivity contribution < 1.29 is 4.74 Å². The molecule has 0 fully saturated rings. The smallest absolute Gasteiger partial charge is 0.253 e. The maximum atomic E-state index is 5.86. The lowest BCUT2D eigenvalue weighted by atomic mass is 10.1. The second kappa shape index (κ2) is 8.47. The van der Waals surface area contributed by atoms with Crippen molar-refractivity contribution >= 4 is 29.1 Å². The molecule has 0 amide bonds. The lowest BCUT2D eigenvalue weighted by Crippen LogP contribution is -2.25. The van der Waals surface area contributed by atoms with E-state index in [1.54, 1.807) is 0 Å². The first kappa shape index (κ1) is 16.5. The van der Waals surface area contributed by atoms with Crippen molar-refractivity contribution in [2.45, 2.75) is 12.2 Å². The maximum Gasteiger partial charge on any atom is 0.253 e. The average molecular weight is 348 g/mol. The molecular formula is C17H21N3OS2. The molecule has 0 aliphatic carbocycles. The predicted octanol–water partition coefficient (Wildman–Crippen LogP) is 3.57. The quantitative estimate of drug-likeness (QED) is 0.716. The number of hydrogen-bond donors (Lipinski definition) is 0. The highest BCUT2D eigenvalue weighted by Gasteiger charge is 2.18. The van der Waals surface area contributed by atoms with Gasteiger partial charge in [-0.15, -0.1) is 4.37 Å². The molecule has 1 aliphatic heterocycles. The number of rotatable bonds is 7. The molecule has 1 aromatic carbocycles. The maximum absolute atomic E-state index is 5.86. The van der Waals surface area contributed by atoms with Crippen molar-refractivity contribution in [3.8, 4) is 5.88 Å². The van der Waals surface area contributed by atoms with Crippen molar-refractivity contribution in [2.24, 2.45) is 0 Å². The summed E-state index contributed by atoms with van der Waals surface area (Å²) in [5.41, 5.74) is 3.51. The summed E-state index contributed by atoms with van der Waals surface area (Å²) in [6, 6.07) is 10.5. The zero-order chi connectivity index (χ0) is 15.9. The van der Waals surface area contributed by atoms with Crippen LogP contribution in [0.4, 0.5) is 0 Å². The first-order valence-corrected chi connectivity index (χ1v) is 9.66. The summed E-state index contributed by atoms with van der Waals surface area (Å²) in [7, 11) is 2.13. The molecule has 1 aliphatic rings. The van der Waals surface area contributed by atoms with Gasteiger partial charge in [0.2, 0.25) is 0 Å². The largest absolute Gasteiger partial charge is 0.475 e. The van der Waals surface area contributed by atoms with Gasteiger partial charge in [0.15, 0.2) is 0 Å². The first-order chi connectivity index (χ1) is 11.3. The van der Waals surface area contributed by atoms with Crippen molar-refractivity contribution in [2.75, 3.05) is 32.5 Å². The summed E-state index contributed by atoms with van der Waals surface area (Å²) in [6.45, 7) is 2.69. The lowest BCUT2D eigenvalue weighted by Gasteiger charge is -2.22. The third-order valence-electron chi connectivity index (χ3n) is 3.68. The number of likely N-dealkylation sites (N-methyl/N-ethyl adjacent to an activating group) is 1. The highest BCUT2D eigenvalue weighted by molar-refractivity contribution is 7.98. The number of aromatic nitrogens is 2. The lowest BCUT2D eigenvalue weighted by molar-refractivity contribution is 0.330. The van der Waals surface area contributed by atoms with Crippen molar-refractivity contribution in [1.29, 1.82) is 0 Å². The Labute approximate surface area is 145 Å². The number of thioether (sulfide) groups is 1. The molecule has 0 atom stereocenters. The molecule has 0 saturated carbocycles. The van der Waals surface area contributed by atoms with E-state index < -0.39 is 0 Å². The molecule has 0 radical (unpaired) electrons. The van der Waals surface area contributed by atoms with Crippen molar-refractivity contribution in [1.82, 2.24) is 13.6 Å². The Morgan fingerprint density at radius 1 is 1.26 bits per heavy atom. The number of benzene rings is 1. The molecular weight excluding hydrogens is 326 g/mol. The molecule has 6 heteroatoms. The van der Waals surface area contributed by atoms with Gasteiger partial charge in [0.25, 0.3) is 5.88 Å². The van der Waals surface area contributed by atoms with E-state index in [0.29, 0.717) is 12.5 Å². The Kier molecular flexibility index (Phi) is 6.07. The van der Waals surface area contributed by atoms with Gasteiger partial charge >= 0.3 is 0 Å². The fraction of sp³-hybridized carbons (Fsp3) is 0.412. The van der Waals surface area contributed by atoms with E-state index in [0.717, 1.165) is 36.7 Å². The highest BCUT2D eigenvalue weighted by Crippen LogP contribution is 2.27. The normalized spacial score (nSPS) is 15.4. The van der Waals surface area contributed by atoms with Crippen LogP contribution in [0.2, 0.25) is 0 Å². The van der Waals surface area contributed by atoms with E-state index in [1.807, 2.05) is 17.8 Å². The number of nitrogens with zero attached hydrogens (tertiary/aromatic N) is 3. The molecule has 3 rings (SSSR count). The molecule has 2 heterocycles. The van der Waals surface area contributed by atoms with Crippen LogP contribution < -0.4 is 4.74 Å². The van der Waals surface area contributed by atoms with Crippen molar-refractivity contribution in [3.05, 3.63) is 47.7 Å².